The van der Waals surface area contributed by atoms with Crippen LogP contribution < -0.4 is 10.2 Å². The predicted octanol–water partition coefficient (Wildman–Crippen LogP) is 2.91. The lowest BCUT2D eigenvalue weighted by atomic mass is 10.2. The number of aromatic nitrogens is 2. The number of benzene rings is 2. The first kappa shape index (κ1) is 20.8. The Labute approximate surface area is 181 Å². The summed E-state index contributed by atoms with van der Waals surface area (Å²) < 4.78 is 27.2. The Kier molecular flexibility index (Phi) is 5.84. The van der Waals surface area contributed by atoms with Crippen LogP contribution in [0.3, 0.4) is 0 Å². The predicted molar refractivity (Wildman–Crippen MR) is 119 cm³/mol. The van der Waals surface area contributed by atoms with E-state index in [1.165, 1.54) is 4.31 Å². The molecule has 8 nitrogen and oxygen atoms in total. The highest BCUT2D eigenvalue weighted by atomic mass is 32.2. The number of hydrogen-bond donors (Lipinski definition) is 1. The van der Waals surface area contributed by atoms with E-state index in [2.05, 4.69) is 21.4 Å². The van der Waals surface area contributed by atoms with Gasteiger partial charge in [0.25, 0.3) is 0 Å². The van der Waals surface area contributed by atoms with E-state index in [4.69, 9.17) is 5.26 Å². The van der Waals surface area contributed by atoms with Crippen LogP contribution in [-0.4, -0.2) is 48.9 Å². The molecule has 1 aliphatic heterocycles. The fraction of sp³-hybridized carbons (Fsp3) is 0.227. The first-order valence-corrected chi connectivity index (χ1v) is 11.3. The van der Waals surface area contributed by atoms with Gasteiger partial charge in [0.2, 0.25) is 16.0 Å². The Morgan fingerprint density at radius 3 is 2.29 bits per heavy atom. The average Bonchev–Trinajstić information content (AvgIpc) is 2.80. The number of nitrogens with one attached hydrogen (secondary N) is 1. The average molecular weight is 435 g/mol. The molecule has 4 rings (SSSR count). The number of piperazine rings is 1. The van der Waals surface area contributed by atoms with Crippen LogP contribution in [0.4, 0.5) is 17.5 Å². The van der Waals surface area contributed by atoms with Crippen molar-refractivity contribution >= 4 is 27.5 Å². The van der Waals surface area contributed by atoms with Gasteiger partial charge in [0, 0.05) is 43.6 Å². The molecule has 0 amide bonds. The molecule has 2 aromatic carbocycles. The van der Waals surface area contributed by atoms with Crippen molar-refractivity contribution in [3.05, 3.63) is 71.9 Å². The normalized spacial score (nSPS) is 14.8. The number of sulfonamides is 1. The van der Waals surface area contributed by atoms with Gasteiger partial charge in [-0.1, -0.05) is 18.2 Å². The lowest BCUT2D eigenvalue weighted by Gasteiger charge is -2.34. The van der Waals surface area contributed by atoms with Crippen LogP contribution in [0.15, 0.2) is 65.6 Å². The van der Waals surface area contributed by atoms with Gasteiger partial charge in [0.15, 0.2) is 0 Å². The molecule has 0 bridgehead atoms. The summed E-state index contributed by atoms with van der Waals surface area (Å²) in [5, 5.41) is 12.2. The van der Waals surface area contributed by atoms with Gasteiger partial charge >= 0.3 is 0 Å². The molecule has 2 heterocycles. The third kappa shape index (κ3) is 4.66. The molecule has 0 spiro atoms. The van der Waals surface area contributed by atoms with Gasteiger partial charge < -0.3 is 10.2 Å². The van der Waals surface area contributed by atoms with Crippen molar-refractivity contribution < 1.29 is 8.42 Å². The van der Waals surface area contributed by atoms with E-state index in [0.29, 0.717) is 48.4 Å². The van der Waals surface area contributed by atoms with Crippen molar-refractivity contribution in [3.63, 3.8) is 0 Å². The van der Waals surface area contributed by atoms with Crippen molar-refractivity contribution in [1.29, 1.82) is 5.26 Å². The summed E-state index contributed by atoms with van der Waals surface area (Å²) in [6.45, 7) is 3.64. The number of nitrogens with zero attached hydrogens (tertiary/aromatic N) is 5. The molecule has 1 aliphatic rings. The molecule has 0 aliphatic carbocycles. The third-order valence-corrected chi connectivity index (χ3v) is 6.94. The second-order valence-electron chi connectivity index (χ2n) is 7.21. The fourth-order valence-corrected chi connectivity index (χ4v) is 4.85. The van der Waals surface area contributed by atoms with Gasteiger partial charge in [-0.05, 0) is 43.3 Å². The maximum absolute atomic E-state index is 12.8. The number of aryl methyl sites for hydroxylation is 1. The molecule has 0 radical (unpaired) electrons. The third-order valence-electron chi connectivity index (χ3n) is 5.03. The summed E-state index contributed by atoms with van der Waals surface area (Å²) in [5.41, 5.74) is 2.22. The van der Waals surface area contributed by atoms with Crippen molar-refractivity contribution in [2.45, 2.75) is 11.8 Å². The van der Waals surface area contributed by atoms with Crippen LogP contribution in [0.5, 0.6) is 0 Å². The zero-order chi connectivity index (χ0) is 21.8. The lowest BCUT2D eigenvalue weighted by Crippen LogP contribution is -2.49. The summed E-state index contributed by atoms with van der Waals surface area (Å²) in [6, 6.07) is 19.6. The molecule has 1 aromatic heterocycles. The quantitative estimate of drug-likeness (QED) is 0.659. The van der Waals surface area contributed by atoms with E-state index < -0.39 is 10.0 Å². The van der Waals surface area contributed by atoms with Crippen molar-refractivity contribution in [3.8, 4) is 6.07 Å². The Morgan fingerprint density at radius 1 is 0.968 bits per heavy atom. The number of anilines is 3. The smallest absolute Gasteiger partial charge is 0.243 e. The summed E-state index contributed by atoms with van der Waals surface area (Å²) in [6.07, 6.45) is 0. The van der Waals surface area contributed by atoms with Gasteiger partial charge in [0.1, 0.15) is 5.82 Å². The Bertz CT molecular complexity index is 1200. The standard InChI is InChI=1S/C22H22N6O2S/c1-17-15-21(25-19-9-7-18(16-23)8-10-19)26-22(24-17)27-11-13-28(14-12-27)31(29,30)20-5-3-2-4-6-20/h2-10,15H,11-14H2,1H3,(H,24,25,26). The molecule has 0 saturated carbocycles. The van der Waals surface area contributed by atoms with Crippen LogP contribution >= 0.6 is 0 Å². The van der Waals surface area contributed by atoms with E-state index in [0.717, 1.165) is 11.4 Å². The van der Waals surface area contributed by atoms with Gasteiger partial charge in [0.05, 0.1) is 16.5 Å². The molecule has 1 saturated heterocycles. The number of hydrogen-bond acceptors (Lipinski definition) is 7. The van der Waals surface area contributed by atoms with Crippen molar-refractivity contribution in [2.75, 3.05) is 36.4 Å². The van der Waals surface area contributed by atoms with Crippen molar-refractivity contribution in [1.82, 2.24) is 14.3 Å². The Morgan fingerprint density at radius 2 is 1.65 bits per heavy atom. The monoisotopic (exact) mass is 434 g/mol. The van der Waals surface area contributed by atoms with Crippen LogP contribution in [0.1, 0.15) is 11.3 Å². The van der Waals surface area contributed by atoms with Crippen LogP contribution in [0, 0.1) is 18.3 Å². The number of nitriles is 1. The maximum Gasteiger partial charge on any atom is 0.243 e. The highest BCUT2D eigenvalue weighted by Crippen LogP contribution is 2.22. The fourth-order valence-electron chi connectivity index (χ4n) is 3.40. The van der Waals surface area contributed by atoms with Crippen LogP contribution in [-0.2, 0) is 10.0 Å². The minimum atomic E-state index is -3.50. The molecule has 9 heteroatoms. The van der Waals surface area contributed by atoms with Crippen molar-refractivity contribution in [2.24, 2.45) is 0 Å². The minimum Gasteiger partial charge on any atom is -0.340 e. The molecule has 3 aromatic rings. The molecule has 1 N–H and O–H groups in total. The van der Waals surface area contributed by atoms with Crippen LogP contribution in [0.2, 0.25) is 0 Å². The highest BCUT2D eigenvalue weighted by molar-refractivity contribution is 7.89. The number of rotatable bonds is 5. The lowest BCUT2D eigenvalue weighted by molar-refractivity contribution is 0.382. The largest absolute Gasteiger partial charge is 0.340 e. The summed E-state index contributed by atoms with van der Waals surface area (Å²) >= 11 is 0. The second kappa shape index (κ2) is 8.71. The van der Waals surface area contributed by atoms with Gasteiger partial charge in [-0.15, -0.1) is 0 Å². The molecule has 158 valence electrons. The van der Waals surface area contributed by atoms with Gasteiger partial charge in [-0.25, -0.2) is 13.4 Å². The molecule has 0 unspecified atom stereocenters. The molecule has 1 fully saturated rings. The first-order valence-electron chi connectivity index (χ1n) is 9.89. The van der Waals surface area contributed by atoms with E-state index in [1.807, 2.05) is 30.0 Å². The summed E-state index contributed by atoms with van der Waals surface area (Å²) in [4.78, 5) is 11.5. The molecule has 0 atom stereocenters. The maximum atomic E-state index is 12.8. The molecular weight excluding hydrogens is 412 g/mol. The Balaban J connectivity index is 1.46. The minimum absolute atomic E-state index is 0.309. The SMILES string of the molecule is Cc1cc(Nc2ccc(C#N)cc2)nc(N2CCN(S(=O)(=O)c3ccccc3)CC2)n1. The highest BCUT2D eigenvalue weighted by Gasteiger charge is 2.29. The zero-order valence-corrected chi connectivity index (χ0v) is 17.9. The summed E-state index contributed by atoms with van der Waals surface area (Å²) in [7, 11) is -3.50. The van der Waals surface area contributed by atoms with Gasteiger partial charge in [-0.2, -0.15) is 14.6 Å². The molecule has 31 heavy (non-hydrogen) atoms. The second-order valence-corrected chi connectivity index (χ2v) is 9.15. The van der Waals surface area contributed by atoms with E-state index in [-0.39, 0.29) is 0 Å². The zero-order valence-electron chi connectivity index (χ0n) is 17.1. The molecular formula is C22H22N6O2S. The topological polar surface area (TPSA) is 102 Å². The van der Waals surface area contributed by atoms with E-state index in [9.17, 15) is 8.42 Å². The summed E-state index contributed by atoms with van der Waals surface area (Å²) in [5.74, 6) is 1.21. The first-order chi connectivity index (χ1) is 15.0. The van der Waals surface area contributed by atoms with E-state index in [1.54, 1.807) is 42.5 Å². The van der Waals surface area contributed by atoms with Crippen LogP contribution in [0.25, 0.3) is 0 Å². The van der Waals surface area contributed by atoms with Gasteiger partial charge in [-0.3, -0.25) is 0 Å². The Hall–Kier alpha value is -3.48. The van der Waals surface area contributed by atoms with E-state index >= 15 is 0 Å².